The van der Waals surface area contributed by atoms with Crippen LogP contribution in [0.25, 0.3) is 0 Å². The van der Waals surface area contributed by atoms with Gasteiger partial charge in [-0.15, -0.1) is 0 Å². The van der Waals surface area contributed by atoms with E-state index in [1.165, 1.54) is 43.7 Å². The standard InChI is InChI=1S/C15H25N3/c1-4-14(3)18-7-5-17(6-8-18)12-15-9-13(2)10-16-11-15/h9-11,14H,4-8,12H2,1-3H3. The van der Waals surface area contributed by atoms with Gasteiger partial charge in [0.15, 0.2) is 0 Å². The number of aromatic nitrogens is 1. The number of piperazine rings is 1. The van der Waals surface area contributed by atoms with Gasteiger partial charge in [0.05, 0.1) is 0 Å². The number of nitrogens with zero attached hydrogens (tertiary/aromatic N) is 3. The number of rotatable bonds is 4. The lowest BCUT2D eigenvalue weighted by molar-refractivity contribution is 0.0963. The molecule has 3 heteroatoms. The van der Waals surface area contributed by atoms with Gasteiger partial charge in [0.2, 0.25) is 0 Å². The van der Waals surface area contributed by atoms with Crippen molar-refractivity contribution in [2.45, 2.75) is 39.8 Å². The van der Waals surface area contributed by atoms with Crippen LogP contribution >= 0.6 is 0 Å². The monoisotopic (exact) mass is 247 g/mol. The molecule has 0 N–H and O–H groups in total. The highest BCUT2D eigenvalue weighted by molar-refractivity contribution is 5.16. The van der Waals surface area contributed by atoms with Crippen LogP contribution in [0.2, 0.25) is 0 Å². The van der Waals surface area contributed by atoms with Crippen molar-refractivity contribution >= 4 is 0 Å². The molecule has 1 aromatic rings. The molecule has 1 aliphatic rings. The molecule has 1 aromatic heterocycles. The maximum Gasteiger partial charge on any atom is 0.0313 e. The summed E-state index contributed by atoms with van der Waals surface area (Å²) in [6.07, 6.45) is 5.17. The molecule has 0 saturated carbocycles. The molecule has 1 saturated heterocycles. The molecule has 1 aliphatic heterocycles. The molecule has 0 amide bonds. The minimum absolute atomic E-state index is 0.729. The van der Waals surface area contributed by atoms with E-state index in [0.717, 1.165) is 12.6 Å². The van der Waals surface area contributed by atoms with Gasteiger partial charge in [0.1, 0.15) is 0 Å². The Morgan fingerprint density at radius 3 is 2.56 bits per heavy atom. The van der Waals surface area contributed by atoms with Crippen LogP contribution in [0.4, 0.5) is 0 Å². The van der Waals surface area contributed by atoms with Crippen molar-refractivity contribution < 1.29 is 0 Å². The summed E-state index contributed by atoms with van der Waals surface area (Å²) in [7, 11) is 0. The summed E-state index contributed by atoms with van der Waals surface area (Å²) in [5, 5.41) is 0. The second-order valence-electron chi connectivity index (χ2n) is 5.44. The number of hydrogen-bond donors (Lipinski definition) is 0. The number of aryl methyl sites for hydroxylation is 1. The largest absolute Gasteiger partial charge is 0.298 e. The zero-order valence-corrected chi connectivity index (χ0v) is 11.9. The lowest BCUT2D eigenvalue weighted by Crippen LogP contribution is -2.48. The molecule has 2 rings (SSSR count). The fourth-order valence-electron chi connectivity index (χ4n) is 2.58. The van der Waals surface area contributed by atoms with Gasteiger partial charge in [-0.25, -0.2) is 0 Å². The average molecular weight is 247 g/mol. The Morgan fingerprint density at radius 2 is 1.94 bits per heavy atom. The Labute approximate surface area is 111 Å². The van der Waals surface area contributed by atoms with Crippen LogP contribution in [-0.4, -0.2) is 47.0 Å². The van der Waals surface area contributed by atoms with E-state index < -0.39 is 0 Å². The van der Waals surface area contributed by atoms with Crippen molar-refractivity contribution in [1.29, 1.82) is 0 Å². The molecule has 0 aliphatic carbocycles. The van der Waals surface area contributed by atoms with Gasteiger partial charge in [-0.05, 0) is 31.4 Å². The molecule has 100 valence electrons. The van der Waals surface area contributed by atoms with E-state index in [-0.39, 0.29) is 0 Å². The molecule has 1 fully saturated rings. The van der Waals surface area contributed by atoms with Gasteiger partial charge in [-0.3, -0.25) is 14.8 Å². The van der Waals surface area contributed by atoms with Crippen molar-refractivity contribution in [2.24, 2.45) is 0 Å². The van der Waals surface area contributed by atoms with Crippen LogP contribution in [0, 0.1) is 6.92 Å². The van der Waals surface area contributed by atoms with E-state index >= 15 is 0 Å². The summed E-state index contributed by atoms with van der Waals surface area (Å²) in [5.74, 6) is 0. The molecule has 0 aromatic carbocycles. The zero-order chi connectivity index (χ0) is 13.0. The van der Waals surface area contributed by atoms with Crippen molar-refractivity contribution in [3.63, 3.8) is 0 Å². The van der Waals surface area contributed by atoms with Crippen molar-refractivity contribution in [3.8, 4) is 0 Å². The molecule has 3 nitrogen and oxygen atoms in total. The van der Waals surface area contributed by atoms with Crippen LogP contribution in [-0.2, 0) is 6.54 Å². The molecule has 18 heavy (non-hydrogen) atoms. The second-order valence-corrected chi connectivity index (χ2v) is 5.44. The van der Waals surface area contributed by atoms with E-state index in [0.29, 0.717) is 0 Å². The van der Waals surface area contributed by atoms with Crippen molar-refractivity contribution in [3.05, 3.63) is 29.6 Å². The van der Waals surface area contributed by atoms with Crippen molar-refractivity contribution in [2.75, 3.05) is 26.2 Å². The fourth-order valence-corrected chi connectivity index (χ4v) is 2.58. The predicted octanol–water partition coefficient (Wildman–Crippen LogP) is 2.31. The molecule has 0 radical (unpaired) electrons. The molecule has 1 unspecified atom stereocenters. The third-order valence-electron chi connectivity index (χ3n) is 3.96. The molecule has 0 spiro atoms. The van der Waals surface area contributed by atoms with Gasteiger partial charge >= 0.3 is 0 Å². The van der Waals surface area contributed by atoms with Crippen LogP contribution in [0.15, 0.2) is 18.5 Å². The number of pyridine rings is 1. The Balaban J connectivity index is 1.83. The molecule has 1 atom stereocenters. The predicted molar refractivity (Wildman–Crippen MR) is 75.6 cm³/mol. The summed E-state index contributed by atoms with van der Waals surface area (Å²) in [6.45, 7) is 12.5. The van der Waals surface area contributed by atoms with E-state index in [2.05, 4.69) is 41.6 Å². The van der Waals surface area contributed by atoms with Crippen LogP contribution in [0.1, 0.15) is 31.4 Å². The summed E-state index contributed by atoms with van der Waals surface area (Å²) >= 11 is 0. The smallest absolute Gasteiger partial charge is 0.0313 e. The lowest BCUT2D eigenvalue weighted by atomic mass is 10.1. The van der Waals surface area contributed by atoms with Crippen molar-refractivity contribution in [1.82, 2.24) is 14.8 Å². The Hall–Kier alpha value is -0.930. The normalized spacial score (nSPS) is 19.9. The topological polar surface area (TPSA) is 19.4 Å². The Kier molecular flexibility index (Phi) is 4.72. The highest BCUT2D eigenvalue weighted by Crippen LogP contribution is 2.12. The van der Waals surface area contributed by atoms with Gasteiger partial charge in [0.25, 0.3) is 0 Å². The summed E-state index contributed by atoms with van der Waals surface area (Å²) in [4.78, 5) is 9.41. The minimum Gasteiger partial charge on any atom is -0.298 e. The molecular formula is C15H25N3. The Morgan fingerprint density at radius 1 is 1.22 bits per heavy atom. The maximum atomic E-state index is 4.27. The highest BCUT2D eigenvalue weighted by Gasteiger charge is 2.19. The third-order valence-corrected chi connectivity index (χ3v) is 3.96. The van der Waals surface area contributed by atoms with E-state index in [1.807, 2.05) is 12.4 Å². The van der Waals surface area contributed by atoms with E-state index in [1.54, 1.807) is 0 Å². The summed E-state index contributed by atoms with van der Waals surface area (Å²) in [5.41, 5.74) is 2.60. The first-order valence-corrected chi connectivity index (χ1v) is 7.06. The first-order chi connectivity index (χ1) is 8.69. The molecular weight excluding hydrogens is 222 g/mol. The first kappa shape index (κ1) is 13.5. The maximum absolute atomic E-state index is 4.27. The van der Waals surface area contributed by atoms with Crippen LogP contribution in [0.5, 0.6) is 0 Å². The first-order valence-electron chi connectivity index (χ1n) is 7.06. The summed E-state index contributed by atoms with van der Waals surface area (Å²) in [6, 6.07) is 2.97. The average Bonchev–Trinajstić information content (AvgIpc) is 2.39. The quantitative estimate of drug-likeness (QED) is 0.814. The minimum atomic E-state index is 0.729. The van der Waals surface area contributed by atoms with E-state index in [4.69, 9.17) is 0 Å². The van der Waals surface area contributed by atoms with Gasteiger partial charge in [0, 0.05) is 51.2 Å². The van der Waals surface area contributed by atoms with Gasteiger partial charge in [-0.2, -0.15) is 0 Å². The Bertz CT molecular complexity index is 370. The molecule has 0 bridgehead atoms. The highest BCUT2D eigenvalue weighted by atomic mass is 15.3. The van der Waals surface area contributed by atoms with Crippen LogP contribution < -0.4 is 0 Å². The SMILES string of the molecule is CCC(C)N1CCN(Cc2cncc(C)c2)CC1. The number of hydrogen-bond acceptors (Lipinski definition) is 3. The lowest BCUT2D eigenvalue weighted by Gasteiger charge is -2.37. The summed E-state index contributed by atoms with van der Waals surface area (Å²) < 4.78 is 0. The molecule has 2 heterocycles. The zero-order valence-electron chi connectivity index (χ0n) is 11.9. The van der Waals surface area contributed by atoms with Gasteiger partial charge in [-0.1, -0.05) is 13.0 Å². The second kappa shape index (κ2) is 6.30. The third kappa shape index (κ3) is 3.53. The van der Waals surface area contributed by atoms with E-state index in [9.17, 15) is 0 Å². The van der Waals surface area contributed by atoms with Crippen LogP contribution in [0.3, 0.4) is 0 Å². The van der Waals surface area contributed by atoms with Gasteiger partial charge < -0.3 is 0 Å². The fraction of sp³-hybridized carbons (Fsp3) is 0.667.